The molecule has 0 fully saturated rings. The first kappa shape index (κ1) is 12.4. The molecular formula is C14H16N2O2. The van der Waals surface area contributed by atoms with Crippen molar-refractivity contribution < 1.29 is 4.74 Å². The van der Waals surface area contributed by atoms with Gasteiger partial charge in [-0.3, -0.25) is 4.79 Å². The maximum absolute atomic E-state index is 11.8. The van der Waals surface area contributed by atoms with Crippen molar-refractivity contribution in [1.29, 1.82) is 0 Å². The summed E-state index contributed by atoms with van der Waals surface area (Å²) >= 11 is 0. The van der Waals surface area contributed by atoms with Crippen LogP contribution in [0.25, 0.3) is 11.3 Å². The number of H-pyrrole nitrogens is 1. The Kier molecular flexibility index (Phi) is 3.77. The molecule has 0 aliphatic carbocycles. The maximum Gasteiger partial charge on any atom is 0.254 e. The van der Waals surface area contributed by atoms with Crippen LogP contribution in [0.2, 0.25) is 0 Å². The van der Waals surface area contributed by atoms with E-state index in [0.29, 0.717) is 24.3 Å². The Labute approximate surface area is 106 Å². The number of nitrogens with one attached hydrogen (secondary N) is 1. The average molecular weight is 244 g/mol. The van der Waals surface area contributed by atoms with Crippen molar-refractivity contribution in [2.45, 2.75) is 20.3 Å². The molecule has 1 aromatic carbocycles. The predicted octanol–water partition coefficient (Wildman–Crippen LogP) is 2.40. The van der Waals surface area contributed by atoms with E-state index in [4.69, 9.17) is 4.74 Å². The lowest BCUT2D eigenvalue weighted by Crippen LogP contribution is -2.14. The number of rotatable bonds is 4. The Morgan fingerprint density at radius 1 is 1.28 bits per heavy atom. The SMILES string of the molecule is CCOc1ccccc1-c1nc[nH]c(=O)c1CC. The largest absolute Gasteiger partial charge is 0.493 e. The molecule has 2 aromatic rings. The van der Waals surface area contributed by atoms with E-state index in [-0.39, 0.29) is 5.56 Å². The van der Waals surface area contributed by atoms with Crippen molar-refractivity contribution in [2.75, 3.05) is 6.61 Å². The molecule has 0 aliphatic rings. The summed E-state index contributed by atoms with van der Waals surface area (Å²) in [4.78, 5) is 18.7. The van der Waals surface area contributed by atoms with E-state index in [2.05, 4.69) is 9.97 Å². The molecule has 0 spiro atoms. The molecule has 0 bridgehead atoms. The van der Waals surface area contributed by atoms with E-state index in [1.807, 2.05) is 38.1 Å². The van der Waals surface area contributed by atoms with Gasteiger partial charge in [-0.2, -0.15) is 0 Å². The van der Waals surface area contributed by atoms with E-state index in [1.165, 1.54) is 6.33 Å². The molecule has 0 atom stereocenters. The number of aromatic nitrogens is 2. The van der Waals surface area contributed by atoms with Gasteiger partial charge >= 0.3 is 0 Å². The summed E-state index contributed by atoms with van der Waals surface area (Å²) in [6, 6.07) is 7.64. The van der Waals surface area contributed by atoms with Gasteiger partial charge in [-0.05, 0) is 25.5 Å². The van der Waals surface area contributed by atoms with Crippen molar-refractivity contribution in [3.63, 3.8) is 0 Å². The molecule has 18 heavy (non-hydrogen) atoms. The zero-order valence-electron chi connectivity index (χ0n) is 10.6. The lowest BCUT2D eigenvalue weighted by Gasteiger charge is -2.11. The van der Waals surface area contributed by atoms with E-state index in [0.717, 1.165) is 11.3 Å². The highest BCUT2D eigenvalue weighted by Crippen LogP contribution is 2.29. The Hall–Kier alpha value is -2.10. The van der Waals surface area contributed by atoms with Gasteiger partial charge in [0.05, 0.1) is 18.6 Å². The summed E-state index contributed by atoms with van der Waals surface area (Å²) in [5.41, 5.74) is 2.16. The number of para-hydroxylation sites is 1. The molecule has 0 saturated carbocycles. The normalized spacial score (nSPS) is 10.3. The van der Waals surface area contributed by atoms with Crippen LogP contribution in [0.4, 0.5) is 0 Å². The topological polar surface area (TPSA) is 55.0 Å². The number of nitrogens with zero attached hydrogens (tertiary/aromatic N) is 1. The minimum absolute atomic E-state index is 0.0891. The fraction of sp³-hybridized carbons (Fsp3) is 0.286. The van der Waals surface area contributed by atoms with E-state index >= 15 is 0 Å². The van der Waals surface area contributed by atoms with Crippen LogP contribution in [0, 0.1) is 0 Å². The fourth-order valence-corrected chi connectivity index (χ4v) is 1.93. The lowest BCUT2D eigenvalue weighted by molar-refractivity contribution is 0.341. The second-order valence-corrected chi connectivity index (χ2v) is 3.84. The van der Waals surface area contributed by atoms with Crippen LogP contribution < -0.4 is 10.3 Å². The van der Waals surface area contributed by atoms with Crippen molar-refractivity contribution in [3.05, 3.63) is 46.5 Å². The molecule has 4 nitrogen and oxygen atoms in total. The second-order valence-electron chi connectivity index (χ2n) is 3.84. The Bertz CT molecular complexity index is 590. The highest BCUT2D eigenvalue weighted by Gasteiger charge is 2.13. The Morgan fingerprint density at radius 2 is 2.06 bits per heavy atom. The standard InChI is InChI=1S/C14H16N2O2/c1-3-10-13(15-9-16-14(10)17)11-7-5-6-8-12(11)18-4-2/h5-9H,3-4H2,1-2H3,(H,15,16,17). The van der Waals surface area contributed by atoms with Crippen LogP contribution in [0.3, 0.4) is 0 Å². The summed E-state index contributed by atoms with van der Waals surface area (Å²) in [5, 5.41) is 0. The van der Waals surface area contributed by atoms with Gasteiger partial charge in [0, 0.05) is 11.1 Å². The van der Waals surface area contributed by atoms with Crippen LogP contribution in [0.5, 0.6) is 5.75 Å². The molecule has 2 rings (SSSR count). The molecule has 0 amide bonds. The lowest BCUT2D eigenvalue weighted by atomic mass is 10.0. The summed E-state index contributed by atoms with van der Waals surface area (Å²) < 4.78 is 5.58. The van der Waals surface area contributed by atoms with Crippen molar-refractivity contribution in [2.24, 2.45) is 0 Å². The van der Waals surface area contributed by atoms with Crippen LogP contribution >= 0.6 is 0 Å². The minimum Gasteiger partial charge on any atom is -0.493 e. The quantitative estimate of drug-likeness (QED) is 0.898. The van der Waals surface area contributed by atoms with Gasteiger partial charge in [-0.25, -0.2) is 4.98 Å². The number of benzene rings is 1. The summed E-state index contributed by atoms with van der Waals surface area (Å²) in [5.74, 6) is 0.757. The first-order chi connectivity index (χ1) is 8.77. The fourth-order valence-electron chi connectivity index (χ4n) is 1.93. The van der Waals surface area contributed by atoms with E-state index in [1.54, 1.807) is 0 Å². The molecule has 0 aliphatic heterocycles. The van der Waals surface area contributed by atoms with Gasteiger partial charge in [-0.1, -0.05) is 19.1 Å². The van der Waals surface area contributed by atoms with Gasteiger partial charge in [-0.15, -0.1) is 0 Å². The van der Waals surface area contributed by atoms with Crippen LogP contribution in [-0.2, 0) is 6.42 Å². The minimum atomic E-state index is -0.0891. The van der Waals surface area contributed by atoms with Gasteiger partial charge in [0.1, 0.15) is 5.75 Å². The monoisotopic (exact) mass is 244 g/mol. The van der Waals surface area contributed by atoms with Crippen LogP contribution in [0.15, 0.2) is 35.4 Å². The number of ether oxygens (including phenoxy) is 1. The molecule has 0 unspecified atom stereocenters. The molecule has 0 radical (unpaired) electrons. The summed E-state index contributed by atoms with van der Waals surface area (Å²) in [6.45, 7) is 4.46. The van der Waals surface area contributed by atoms with Crippen molar-refractivity contribution in [1.82, 2.24) is 9.97 Å². The molecule has 1 aromatic heterocycles. The Morgan fingerprint density at radius 3 is 2.78 bits per heavy atom. The summed E-state index contributed by atoms with van der Waals surface area (Å²) in [7, 11) is 0. The third-order valence-corrected chi connectivity index (χ3v) is 2.74. The van der Waals surface area contributed by atoms with Gasteiger partial charge < -0.3 is 9.72 Å². The zero-order chi connectivity index (χ0) is 13.0. The zero-order valence-corrected chi connectivity index (χ0v) is 10.6. The van der Waals surface area contributed by atoms with Gasteiger partial charge in [0.25, 0.3) is 5.56 Å². The van der Waals surface area contributed by atoms with Gasteiger partial charge in [0.2, 0.25) is 0 Å². The average Bonchev–Trinajstić information content (AvgIpc) is 2.39. The third kappa shape index (κ3) is 2.27. The van der Waals surface area contributed by atoms with Crippen LogP contribution in [-0.4, -0.2) is 16.6 Å². The van der Waals surface area contributed by atoms with Gasteiger partial charge in [0.15, 0.2) is 0 Å². The highest BCUT2D eigenvalue weighted by molar-refractivity contribution is 5.69. The number of hydrogen-bond acceptors (Lipinski definition) is 3. The highest BCUT2D eigenvalue weighted by atomic mass is 16.5. The smallest absolute Gasteiger partial charge is 0.254 e. The van der Waals surface area contributed by atoms with Crippen LogP contribution in [0.1, 0.15) is 19.4 Å². The first-order valence-corrected chi connectivity index (χ1v) is 6.06. The molecule has 0 saturated heterocycles. The van der Waals surface area contributed by atoms with Crippen molar-refractivity contribution >= 4 is 0 Å². The Balaban J connectivity index is 2.62. The second kappa shape index (κ2) is 5.49. The third-order valence-electron chi connectivity index (χ3n) is 2.74. The first-order valence-electron chi connectivity index (χ1n) is 6.06. The van der Waals surface area contributed by atoms with E-state index < -0.39 is 0 Å². The maximum atomic E-state index is 11.8. The number of aromatic amines is 1. The summed E-state index contributed by atoms with van der Waals surface area (Å²) in [6.07, 6.45) is 2.07. The molecule has 1 heterocycles. The molecular weight excluding hydrogens is 228 g/mol. The molecule has 94 valence electrons. The molecule has 4 heteroatoms. The van der Waals surface area contributed by atoms with Crippen molar-refractivity contribution in [3.8, 4) is 17.0 Å². The predicted molar refractivity (Wildman–Crippen MR) is 70.8 cm³/mol. The number of hydrogen-bond donors (Lipinski definition) is 1. The molecule has 1 N–H and O–H groups in total. The van der Waals surface area contributed by atoms with E-state index in [9.17, 15) is 4.79 Å².